The molecule has 12 heavy (non-hydrogen) atoms. The van der Waals surface area contributed by atoms with E-state index in [1.165, 1.54) is 0 Å². The van der Waals surface area contributed by atoms with Gasteiger partial charge >= 0.3 is 6.18 Å². The van der Waals surface area contributed by atoms with Crippen LogP contribution in [-0.2, 0) is 6.18 Å². The minimum atomic E-state index is -4.45. The lowest BCUT2D eigenvalue weighted by Gasteiger charge is -2.07. The van der Waals surface area contributed by atoms with Gasteiger partial charge in [0.05, 0.1) is 15.6 Å². The van der Waals surface area contributed by atoms with Crippen molar-refractivity contribution in [3.8, 4) is 0 Å². The Morgan fingerprint density at radius 3 is 2.17 bits per heavy atom. The van der Waals surface area contributed by atoms with Crippen molar-refractivity contribution in [1.82, 2.24) is 0 Å². The molecule has 1 rings (SSSR count). The smallest absolute Gasteiger partial charge is 0.166 e. The summed E-state index contributed by atoms with van der Waals surface area (Å²) in [5.41, 5.74) is -0.923. The number of rotatable bonds is 0. The minimum absolute atomic E-state index is 0.0630. The van der Waals surface area contributed by atoms with Crippen LogP contribution in [0.3, 0.4) is 0 Å². The van der Waals surface area contributed by atoms with Gasteiger partial charge in [0.15, 0.2) is 0 Å². The zero-order chi connectivity index (χ0) is 9.35. The third-order valence-corrected chi connectivity index (χ3v) is 1.69. The molecule has 0 N–H and O–H groups in total. The topological polar surface area (TPSA) is 0 Å². The lowest BCUT2D eigenvalue weighted by Crippen LogP contribution is -2.05. The van der Waals surface area contributed by atoms with Gasteiger partial charge in [-0.3, -0.25) is 0 Å². The van der Waals surface area contributed by atoms with E-state index in [1.807, 2.05) is 0 Å². The molecule has 0 spiro atoms. The van der Waals surface area contributed by atoms with Crippen molar-refractivity contribution < 1.29 is 13.2 Å². The Balaban J connectivity index is 3.19. The van der Waals surface area contributed by atoms with Crippen LogP contribution in [0.1, 0.15) is 5.56 Å². The molecule has 65 valence electrons. The van der Waals surface area contributed by atoms with Gasteiger partial charge in [0.1, 0.15) is 0 Å². The number of halogens is 5. The van der Waals surface area contributed by atoms with Crippen molar-refractivity contribution >= 4 is 23.2 Å². The molecule has 0 unspecified atom stereocenters. The molecule has 0 fully saturated rings. The highest BCUT2D eigenvalue weighted by atomic mass is 35.5. The first-order valence-corrected chi connectivity index (χ1v) is 3.61. The largest absolute Gasteiger partial charge is 0.417 e. The standard InChI is InChI=1S/C7H2Cl2F3/c8-4-1-2-5(6(9)3-4)7(10,11)12/h1-2H. The molecular weight excluding hydrogens is 212 g/mol. The molecule has 0 heterocycles. The molecule has 0 aliphatic heterocycles. The molecule has 0 atom stereocenters. The van der Waals surface area contributed by atoms with Crippen LogP contribution >= 0.6 is 23.2 Å². The zero-order valence-electron chi connectivity index (χ0n) is 5.54. The van der Waals surface area contributed by atoms with E-state index in [2.05, 4.69) is 6.07 Å². The average Bonchev–Trinajstić information content (AvgIpc) is 1.83. The van der Waals surface area contributed by atoms with Crippen molar-refractivity contribution in [3.63, 3.8) is 0 Å². The summed E-state index contributed by atoms with van der Waals surface area (Å²) in [4.78, 5) is 0. The molecule has 0 saturated carbocycles. The molecule has 0 nitrogen and oxygen atoms in total. The molecule has 5 heteroatoms. The van der Waals surface area contributed by atoms with Crippen LogP contribution in [0.15, 0.2) is 12.1 Å². The predicted octanol–water partition coefficient (Wildman–Crippen LogP) is 3.81. The Kier molecular flexibility index (Phi) is 2.54. The fraction of sp³-hybridized carbons (Fsp3) is 0.143. The molecular formula is C7H2Cl2F3. The van der Waals surface area contributed by atoms with E-state index < -0.39 is 16.8 Å². The number of benzene rings is 1. The first kappa shape index (κ1) is 9.68. The Labute approximate surface area is 76.9 Å². The van der Waals surface area contributed by atoms with Gasteiger partial charge in [-0.1, -0.05) is 23.2 Å². The highest BCUT2D eigenvalue weighted by molar-refractivity contribution is 6.34. The fourth-order valence-electron chi connectivity index (χ4n) is 0.662. The number of hydrogen-bond acceptors (Lipinski definition) is 0. The highest BCUT2D eigenvalue weighted by Gasteiger charge is 2.32. The Bertz CT molecular complexity index is 293. The summed E-state index contributed by atoms with van der Waals surface area (Å²) in [5.74, 6) is 0. The van der Waals surface area contributed by atoms with E-state index in [-0.39, 0.29) is 5.02 Å². The van der Waals surface area contributed by atoms with Gasteiger partial charge in [-0.15, -0.1) is 0 Å². The summed E-state index contributed by atoms with van der Waals surface area (Å²) < 4.78 is 36.1. The quantitative estimate of drug-likeness (QED) is 0.615. The van der Waals surface area contributed by atoms with Gasteiger partial charge in [-0.05, 0) is 12.1 Å². The van der Waals surface area contributed by atoms with Crippen LogP contribution in [0.2, 0.25) is 10.0 Å². The molecule has 0 saturated heterocycles. The van der Waals surface area contributed by atoms with Gasteiger partial charge in [-0.25, -0.2) is 0 Å². The normalized spacial score (nSPS) is 11.8. The van der Waals surface area contributed by atoms with Gasteiger partial charge in [0, 0.05) is 6.07 Å². The molecule has 0 amide bonds. The second-order valence-electron chi connectivity index (χ2n) is 2.03. The zero-order valence-corrected chi connectivity index (χ0v) is 7.06. The third kappa shape index (κ3) is 2.05. The van der Waals surface area contributed by atoms with Crippen molar-refractivity contribution in [2.24, 2.45) is 0 Å². The van der Waals surface area contributed by atoms with Crippen LogP contribution in [-0.4, -0.2) is 0 Å². The predicted molar refractivity (Wildman–Crippen MR) is 40.3 cm³/mol. The van der Waals surface area contributed by atoms with Gasteiger partial charge < -0.3 is 0 Å². The molecule has 1 aromatic carbocycles. The SMILES string of the molecule is FC(F)(F)c1ccc(Cl)[c]c1Cl. The van der Waals surface area contributed by atoms with Gasteiger partial charge in [0.25, 0.3) is 0 Å². The first-order chi connectivity index (χ1) is 5.41. The van der Waals surface area contributed by atoms with Crippen LogP contribution < -0.4 is 0 Å². The summed E-state index contributed by atoms with van der Waals surface area (Å²) in [6.45, 7) is 0. The molecule has 1 radical (unpaired) electrons. The number of hydrogen-bond donors (Lipinski definition) is 0. The van der Waals surface area contributed by atoms with Crippen LogP contribution in [0.4, 0.5) is 13.2 Å². The summed E-state index contributed by atoms with van der Waals surface area (Å²) >= 11 is 10.6. The van der Waals surface area contributed by atoms with Crippen molar-refractivity contribution in [1.29, 1.82) is 0 Å². The molecule has 0 aliphatic carbocycles. The Morgan fingerprint density at radius 1 is 1.17 bits per heavy atom. The molecule has 0 aliphatic rings. The van der Waals surface area contributed by atoms with Gasteiger partial charge in [-0.2, -0.15) is 13.2 Å². The van der Waals surface area contributed by atoms with E-state index in [9.17, 15) is 13.2 Å². The Hall–Kier alpha value is -0.410. The molecule has 1 aromatic rings. The summed E-state index contributed by atoms with van der Waals surface area (Å²) in [5, 5.41) is -0.442. The highest BCUT2D eigenvalue weighted by Crippen LogP contribution is 2.35. The average molecular weight is 214 g/mol. The first-order valence-electron chi connectivity index (χ1n) is 2.86. The lowest BCUT2D eigenvalue weighted by atomic mass is 10.2. The summed E-state index contributed by atoms with van der Waals surface area (Å²) in [6, 6.07) is 4.07. The maximum atomic E-state index is 12.0. The maximum Gasteiger partial charge on any atom is 0.417 e. The Morgan fingerprint density at radius 2 is 1.75 bits per heavy atom. The minimum Gasteiger partial charge on any atom is -0.166 e. The molecule has 0 bridgehead atoms. The van der Waals surface area contributed by atoms with E-state index in [0.29, 0.717) is 0 Å². The van der Waals surface area contributed by atoms with Crippen molar-refractivity contribution in [3.05, 3.63) is 33.8 Å². The van der Waals surface area contributed by atoms with Crippen LogP contribution in [0.5, 0.6) is 0 Å². The van der Waals surface area contributed by atoms with Crippen molar-refractivity contribution in [2.75, 3.05) is 0 Å². The lowest BCUT2D eigenvalue weighted by molar-refractivity contribution is -0.137. The summed E-state index contributed by atoms with van der Waals surface area (Å²) in [6.07, 6.45) is -4.45. The second kappa shape index (κ2) is 3.15. The maximum absolute atomic E-state index is 12.0. The summed E-state index contributed by atoms with van der Waals surface area (Å²) in [7, 11) is 0. The second-order valence-corrected chi connectivity index (χ2v) is 2.82. The van der Waals surface area contributed by atoms with Crippen LogP contribution in [0, 0.1) is 6.07 Å². The monoisotopic (exact) mass is 213 g/mol. The van der Waals surface area contributed by atoms with Gasteiger partial charge in [0.2, 0.25) is 0 Å². The van der Waals surface area contributed by atoms with Crippen LogP contribution in [0.25, 0.3) is 0 Å². The fourth-order valence-corrected chi connectivity index (χ4v) is 1.14. The van der Waals surface area contributed by atoms with E-state index in [0.717, 1.165) is 12.1 Å². The molecule has 0 aromatic heterocycles. The van der Waals surface area contributed by atoms with E-state index in [1.54, 1.807) is 0 Å². The van der Waals surface area contributed by atoms with E-state index in [4.69, 9.17) is 23.2 Å². The number of alkyl halides is 3. The third-order valence-electron chi connectivity index (χ3n) is 1.17. The van der Waals surface area contributed by atoms with E-state index >= 15 is 0 Å². The van der Waals surface area contributed by atoms with Crippen molar-refractivity contribution in [2.45, 2.75) is 6.18 Å².